The molecule has 3 unspecified atom stereocenters. The fourth-order valence-corrected chi connectivity index (χ4v) is 4.29. The molecule has 2 heteroatoms. The topological polar surface area (TPSA) is 18.5 Å². The highest BCUT2D eigenvalue weighted by Crippen LogP contribution is 2.63. The Bertz CT molecular complexity index is 354. The number of fused-ring (bicyclic) bond motifs is 1. The standard InChI is InChI=1S/C17H30O2/c1-7-18-11-19-14-10-8-9-13-15(14)17(5,6)12(2)16(13,3)4/h9,12,14-15H,7-8,10-11H2,1-6H3. The van der Waals surface area contributed by atoms with Crippen LogP contribution in [0.1, 0.15) is 54.4 Å². The fraction of sp³-hybridized carbons (Fsp3) is 0.882. The van der Waals surface area contributed by atoms with Gasteiger partial charge in [-0.3, -0.25) is 0 Å². The lowest BCUT2D eigenvalue weighted by molar-refractivity contribution is -0.115. The van der Waals surface area contributed by atoms with E-state index in [2.05, 4.69) is 40.7 Å². The van der Waals surface area contributed by atoms with E-state index in [0.717, 1.165) is 19.4 Å². The van der Waals surface area contributed by atoms with Crippen LogP contribution in [-0.4, -0.2) is 19.5 Å². The van der Waals surface area contributed by atoms with Crippen LogP contribution in [0.4, 0.5) is 0 Å². The predicted molar refractivity (Wildman–Crippen MR) is 78.9 cm³/mol. The van der Waals surface area contributed by atoms with Gasteiger partial charge in [-0.15, -0.1) is 0 Å². The van der Waals surface area contributed by atoms with Crippen molar-refractivity contribution in [3.05, 3.63) is 11.6 Å². The SMILES string of the molecule is CCOCOC1CCC=C2C1C(C)(C)C(C)C2(C)C. The summed E-state index contributed by atoms with van der Waals surface area (Å²) in [6.45, 7) is 15.2. The van der Waals surface area contributed by atoms with E-state index < -0.39 is 0 Å². The summed E-state index contributed by atoms with van der Waals surface area (Å²) in [5.74, 6) is 1.22. The van der Waals surface area contributed by atoms with E-state index in [1.807, 2.05) is 6.92 Å². The Morgan fingerprint density at radius 3 is 2.58 bits per heavy atom. The van der Waals surface area contributed by atoms with Crippen molar-refractivity contribution in [2.75, 3.05) is 13.4 Å². The van der Waals surface area contributed by atoms with Crippen molar-refractivity contribution in [3.63, 3.8) is 0 Å². The molecule has 0 aromatic heterocycles. The lowest BCUT2D eigenvalue weighted by atomic mass is 9.70. The van der Waals surface area contributed by atoms with E-state index >= 15 is 0 Å². The van der Waals surface area contributed by atoms with E-state index in [1.54, 1.807) is 5.57 Å². The monoisotopic (exact) mass is 266 g/mol. The first kappa shape index (κ1) is 15.1. The van der Waals surface area contributed by atoms with Gasteiger partial charge < -0.3 is 9.47 Å². The lowest BCUT2D eigenvalue weighted by Crippen LogP contribution is -2.37. The summed E-state index contributed by atoms with van der Waals surface area (Å²) in [5.41, 5.74) is 2.21. The Morgan fingerprint density at radius 1 is 1.26 bits per heavy atom. The molecule has 0 aliphatic heterocycles. The number of allylic oxidation sites excluding steroid dienone is 1. The summed E-state index contributed by atoms with van der Waals surface area (Å²) in [4.78, 5) is 0. The van der Waals surface area contributed by atoms with Gasteiger partial charge in [0, 0.05) is 12.5 Å². The first-order valence-corrected chi connectivity index (χ1v) is 7.73. The number of hydrogen-bond donors (Lipinski definition) is 0. The predicted octanol–water partition coefficient (Wildman–Crippen LogP) is 4.40. The van der Waals surface area contributed by atoms with Crippen molar-refractivity contribution in [1.29, 1.82) is 0 Å². The van der Waals surface area contributed by atoms with Crippen LogP contribution < -0.4 is 0 Å². The third-order valence-corrected chi connectivity index (χ3v) is 5.84. The molecule has 2 nitrogen and oxygen atoms in total. The number of ether oxygens (including phenoxy) is 2. The maximum absolute atomic E-state index is 6.05. The van der Waals surface area contributed by atoms with Crippen molar-refractivity contribution in [1.82, 2.24) is 0 Å². The smallest absolute Gasteiger partial charge is 0.147 e. The second-order valence-corrected chi connectivity index (χ2v) is 7.29. The first-order valence-electron chi connectivity index (χ1n) is 7.73. The molecule has 1 fully saturated rings. The van der Waals surface area contributed by atoms with Crippen LogP contribution in [0.2, 0.25) is 0 Å². The molecule has 0 heterocycles. The molecule has 3 atom stereocenters. The van der Waals surface area contributed by atoms with Gasteiger partial charge in [-0.2, -0.15) is 0 Å². The molecule has 0 N–H and O–H groups in total. The zero-order valence-corrected chi connectivity index (χ0v) is 13.5. The summed E-state index contributed by atoms with van der Waals surface area (Å²) in [5, 5.41) is 0. The zero-order valence-electron chi connectivity index (χ0n) is 13.5. The van der Waals surface area contributed by atoms with Gasteiger partial charge in [0.05, 0.1) is 6.10 Å². The lowest BCUT2D eigenvalue weighted by Gasteiger charge is -2.38. The normalized spacial score (nSPS) is 35.9. The van der Waals surface area contributed by atoms with Crippen LogP contribution >= 0.6 is 0 Å². The molecule has 2 aliphatic carbocycles. The molecule has 19 heavy (non-hydrogen) atoms. The molecule has 2 aliphatic rings. The van der Waals surface area contributed by atoms with E-state index in [4.69, 9.17) is 9.47 Å². The van der Waals surface area contributed by atoms with Gasteiger partial charge in [-0.1, -0.05) is 46.3 Å². The second-order valence-electron chi connectivity index (χ2n) is 7.29. The van der Waals surface area contributed by atoms with Crippen LogP contribution in [0.25, 0.3) is 0 Å². The van der Waals surface area contributed by atoms with Crippen molar-refractivity contribution in [2.45, 2.75) is 60.5 Å². The van der Waals surface area contributed by atoms with Gasteiger partial charge in [-0.05, 0) is 36.5 Å². The Kier molecular flexibility index (Phi) is 4.13. The summed E-state index contributed by atoms with van der Waals surface area (Å²) in [7, 11) is 0. The number of hydrogen-bond acceptors (Lipinski definition) is 2. The van der Waals surface area contributed by atoms with E-state index in [1.165, 1.54) is 0 Å². The average Bonchev–Trinajstić information content (AvgIpc) is 2.50. The Hall–Kier alpha value is -0.340. The van der Waals surface area contributed by atoms with Crippen molar-refractivity contribution in [2.24, 2.45) is 22.7 Å². The van der Waals surface area contributed by atoms with Gasteiger partial charge in [0.25, 0.3) is 0 Å². The van der Waals surface area contributed by atoms with Crippen LogP contribution in [-0.2, 0) is 9.47 Å². The maximum Gasteiger partial charge on any atom is 0.147 e. The molecule has 2 rings (SSSR count). The summed E-state index contributed by atoms with van der Waals surface area (Å²) in [6, 6.07) is 0. The molecule has 0 amide bonds. The van der Waals surface area contributed by atoms with E-state index in [0.29, 0.717) is 35.6 Å². The third kappa shape index (κ3) is 2.38. The minimum atomic E-state index is 0.293. The van der Waals surface area contributed by atoms with E-state index in [-0.39, 0.29) is 0 Å². The van der Waals surface area contributed by atoms with Gasteiger partial charge in [0.2, 0.25) is 0 Å². The largest absolute Gasteiger partial charge is 0.356 e. The molecule has 0 radical (unpaired) electrons. The second kappa shape index (κ2) is 5.21. The molecule has 0 aromatic rings. The highest BCUT2D eigenvalue weighted by atomic mass is 16.7. The average molecular weight is 266 g/mol. The molecule has 0 saturated heterocycles. The molecule has 1 saturated carbocycles. The first-order chi connectivity index (χ1) is 8.83. The molecule has 0 aromatic carbocycles. The van der Waals surface area contributed by atoms with Crippen LogP contribution in [0, 0.1) is 22.7 Å². The van der Waals surface area contributed by atoms with Gasteiger partial charge in [0.1, 0.15) is 6.79 Å². The van der Waals surface area contributed by atoms with Crippen molar-refractivity contribution >= 4 is 0 Å². The van der Waals surface area contributed by atoms with Gasteiger partial charge >= 0.3 is 0 Å². The highest BCUT2D eigenvalue weighted by molar-refractivity contribution is 5.30. The van der Waals surface area contributed by atoms with Crippen LogP contribution in [0.15, 0.2) is 11.6 Å². The molecule has 110 valence electrons. The molecular formula is C17H30O2. The molecular weight excluding hydrogens is 236 g/mol. The Morgan fingerprint density at radius 2 is 1.95 bits per heavy atom. The van der Waals surface area contributed by atoms with Crippen molar-refractivity contribution in [3.8, 4) is 0 Å². The highest BCUT2D eigenvalue weighted by Gasteiger charge is 2.57. The Balaban J connectivity index is 2.23. The van der Waals surface area contributed by atoms with Gasteiger partial charge in [0.15, 0.2) is 0 Å². The fourth-order valence-electron chi connectivity index (χ4n) is 4.29. The minimum Gasteiger partial charge on any atom is -0.356 e. The summed E-state index contributed by atoms with van der Waals surface area (Å²) < 4.78 is 11.4. The Labute approximate surface area is 118 Å². The molecule has 0 spiro atoms. The van der Waals surface area contributed by atoms with E-state index in [9.17, 15) is 0 Å². The van der Waals surface area contributed by atoms with Crippen molar-refractivity contribution < 1.29 is 9.47 Å². The van der Waals surface area contributed by atoms with Crippen LogP contribution in [0.3, 0.4) is 0 Å². The zero-order chi connectivity index (χ0) is 14.3. The minimum absolute atomic E-state index is 0.293. The summed E-state index contributed by atoms with van der Waals surface area (Å²) in [6.07, 6.45) is 5.09. The summed E-state index contributed by atoms with van der Waals surface area (Å²) >= 11 is 0. The van der Waals surface area contributed by atoms with Gasteiger partial charge in [-0.25, -0.2) is 0 Å². The third-order valence-electron chi connectivity index (χ3n) is 5.84. The van der Waals surface area contributed by atoms with Crippen LogP contribution in [0.5, 0.6) is 0 Å². The molecule has 0 bridgehead atoms. The number of rotatable bonds is 4. The maximum atomic E-state index is 6.05. The quantitative estimate of drug-likeness (QED) is 0.426.